The molecule has 0 aliphatic rings. The Balaban J connectivity index is 1.66. The molecule has 4 aromatic rings. The summed E-state index contributed by atoms with van der Waals surface area (Å²) in [4.78, 5) is 4.79. The molecule has 2 heteroatoms. The van der Waals surface area contributed by atoms with Gasteiger partial charge in [-0.2, -0.15) is 0 Å². The summed E-state index contributed by atoms with van der Waals surface area (Å²) in [7, 11) is 0. The van der Waals surface area contributed by atoms with Crippen molar-refractivity contribution in [2.45, 2.75) is 6.54 Å². The molecular formula is C24H16N2. The molecule has 26 heavy (non-hydrogen) atoms. The fraction of sp³-hybridized carbons (Fsp3) is 0.0417. The summed E-state index contributed by atoms with van der Waals surface area (Å²) >= 11 is 0. The zero-order chi connectivity index (χ0) is 17.6. The first-order valence-corrected chi connectivity index (χ1v) is 8.46. The van der Waals surface area contributed by atoms with Crippen LogP contribution in [0.2, 0.25) is 0 Å². The molecule has 0 saturated carbocycles. The van der Waals surface area contributed by atoms with Gasteiger partial charge in [0.2, 0.25) is 0 Å². The Hall–Kier alpha value is -3.75. The third kappa shape index (κ3) is 3.36. The molecule has 0 fully saturated rings. The fourth-order valence-corrected chi connectivity index (χ4v) is 2.83. The summed E-state index contributed by atoms with van der Waals surface area (Å²) in [6.07, 6.45) is 0. The number of rotatable bonds is 2. The number of imidazole rings is 1. The molecule has 122 valence electrons. The van der Waals surface area contributed by atoms with Crippen molar-refractivity contribution in [2.24, 2.45) is 0 Å². The standard InChI is InChI=1S/C24H16N2/c1-4-12-20(13-5-1)14-6-3-11-19-26-23-18-10-9-17-22(23)25-24(26)21-15-7-2-8-16-21/h1-2,4-5,7-10,12-13,15-18H,19H2. The maximum Gasteiger partial charge on any atom is 0.141 e. The van der Waals surface area contributed by atoms with Crippen molar-refractivity contribution in [1.82, 2.24) is 9.55 Å². The lowest BCUT2D eigenvalue weighted by molar-refractivity contribution is 0.881. The summed E-state index contributed by atoms with van der Waals surface area (Å²) in [6, 6.07) is 28.2. The van der Waals surface area contributed by atoms with Crippen LogP contribution in [0.3, 0.4) is 0 Å². The minimum absolute atomic E-state index is 0.550. The average Bonchev–Trinajstić information content (AvgIpc) is 3.08. The van der Waals surface area contributed by atoms with Gasteiger partial charge in [0.05, 0.1) is 17.6 Å². The molecule has 0 N–H and O–H groups in total. The molecule has 4 rings (SSSR count). The van der Waals surface area contributed by atoms with Gasteiger partial charge in [-0.15, -0.1) is 0 Å². The highest BCUT2D eigenvalue weighted by atomic mass is 15.1. The number of hydrogen-bond donors (Lipinski definition) is 0. The number of para-hydroxylation sites is 2. The summed E-state index contributed by atoms with van der Waals surface area (Å²) in [5.41, 5.74) is 4.11. The molecule has 0 aliphatic carbocycles. The molecule has 0 bridgehead atoms. The van der Waals surface area contributed by atoms with E-state index < -0.39 is 0 Å². The maximum atomic E-state index is 4.79. The molecule has 0 unspecified atom stereocenters. The van der Waals surface area contributed by atoms with E-state index in [-0.39, 0.29) is 0 Å². The third-order valence-corrected chi connectivity index (χ3v) is 4.06. The van der Waals surface area contributed by atoms with E-state index >= 15 is 0 Å². The fourth-order valence-electron chi connectivity index (χ4n) is 2.83. The monoisotopic (exact) mass is 332 g/mol. The van der Waals surface area contributed by atoms with Gasteiger partial charge in [0.1, 0.15) is 5.82 Å². The Morgan fingerprint density at radius 2 is 1.42 bits per heavy atom. The number of hydrogen-bond acceptors (Lipinski definition) is 1. The van der Waals surface area contributed by atoms with Gasteiger partial charge in [0.25, 0.3) is 0 Å². The van der Waals surface area contributed by atoms with Gasteiger partial charge in [-0.1, -0.05) is 72.5 Å². The Labute approximate surface area is 153 Å². The summed E-state index contributed by atoms with van der Waals surface area (Å²) in [5, 5.41) is 0. The van der Waals surface area contributed by atoms with E-state index in [9.17, 15) is 0 Å². The van der Waals surface area contributed by atoms with Gasteiger partial charge in [-0.25, -0.2) is 4.98 Å². The minimum Gasteiger partial charge on any atom is -0.312 e. The SMILES string of the molecule is C(C#Cc1ccccc1)#CCn1c(-c2ccccc2)nc2ccccc21. The predicted molar refractivity (Wildman–Crippen MR) is 106 cm³/mol. The molecular weight excluding hydrogens is 316 g/mol. The molecule has 0 aliphatic heterocycles. The molecule has 3 aromatic carbocycles. The molecule has 2 nitrogen and oxygen atoms in total. The molecule has 0 atom stereocenters. The van der Waals surface area contributed by atoms with Crippen molar-refractivity contribution in [2.75, 3.05) is 0 Å². The van der Waals surface area contributed by atoms with Gasteiger partial charge in [0.15, 0.2) is 0 Å². The van der Waals surface area contributed by atoms with Crippen LogP contribution in [0.15, 0.2) is 84.9 Å². The van der Waals surface area contributed by atoms with Crippen molar-refractivity contribution in [3.05, 3.63) is 90.5 Å². The Morgan fingerprint density at radius 3 is 2.23 bits per heavy atom. The highest BCUT2D eigenvalue weighted by Gasteiger charge is 2.10. The summed E-state index contributed by atoms with van der Waals surface area (Å²) in [6.45, 7) is 0.550. The normalized spacial score (nSPS) is 9.85. The molecule has 0 amide bonds. The van der Waals surface area contributed by atoms with E-state index in [0.717, 1.165) is 28.0 Å². The number of fused-ring (bicyclic) bond motifs is 1. The Bertz CT molecular complexity index is 1150. The van der Waals surface area contributed by atoms with Crippen LogP contribution < -0.4 is 0 Å². The lowest BCUT2D eigenvalue weighted by atomic mass is 10.2. The van der Waals surface area contributed by atoms with Crippen LogP contribution in [0.5, 0.6) is 0 Å². The van der Waals surface area contributed by atoms with Crippen LogP contribution in [-0.2, 0) is 6.54 Å². The largest absolute Gasteiger partial charge is 0.312 e. The Kier molecular flexibility index (Phi) is 4.50. The topological polar surface area (TPSA) is 17.8 Å². The number of aromatic nitrogens is 2. The van der Waals surface area contributed by atoms with Gasteiger partial charge >= 0.3 is 0 Å². The molecule has 0 saturated heterocycles. The van der Waals surface area contributed by atoms with E-state index in [1.807, 2.05) is 66.7 Å². The van der Waals surface area contributed by atoms with E-state index in [2.05, 4.69) is 46.4 Å². The summed E-state index contributed by atoms with van der Waals surface area (Å²) in [5.74, 6) is 13.0. The van der Waals surface area contributed by atoms with Crippen molar-refractivity contribution in [3.8, 4) is 35.1 Å². The lowest BCUT2D eigenvalue weighted by Gasteiger charge is -2.05. The van der Waals surface area contributed by atoms with Crippen LogP contribution in [-0.4, -0.2) is 9.55 Å². The van der Waals surface area contributed by atoms with Gasteiger partial charge in [-0.3, -0.25) is 0 Å². The second kappa shape index (κ2) is 7.43. The smallest absolute Gasteiger partial charge is 0.141 e. The minimum atomic E-state index is 0.550. The molecule has 0 radical (unpaired) electrons. The van der Waals surface area contributed by atoms with Crippen LogP contribution in [0.25, 0.3) is 22.4 Å². The van der Waals surface area contributed by atoms with Crippen LogP contribution in [0, 0.1) is 23.7 Å². The average molecular weight is 332 g/mol. The highest BCUT2D eigenvalue weighted by molar-refractivity contribution is 5.80. The first kappa shape index (κ1) is 15.8. The van der Waals surface area contributed by atoms with Gasteiger partial charge < -0.3 is 4.57 Å². The van der Waals surface area contributed by atoms with Crippen molar-refractivity contribution < 1.29 is 0 Å². The van der Waals surface area contributed by atoms with Crippen molar-refractivity contribution in [1.29, 1.82) is 0 Å². The second-order valence-corrected chi connectivity index (χ2v) is 5.79. The van der Waals surface area contributed by atoms with E-state index in [4.69, 9.17) is 4.98 Å². The predicted octanol–water partition coefficient (Wildman–Crippen LogP) is 4.76. The van der Waals surface area contributed by atoms with Gasteiger partial charge in [-0.05, 0) is 36.1 Å². The first-order valence-electron chi connectivity index (χ1n) is 8.46. The van der Waals surface area contributed by atoms with Crippen LogP contribution >= 0.6 is 0 Å². The Morgan fingerprint density at radius 1 is 0.731 bits per heavy atom. The molecule has 1 aromatic heterocycles. The van der Waals surface area contributed by atoms with Crippen molar-refractivity contribution in [3.63, 3.8) is 0 Å². The maximum absolute atomic E-state index is 4.79. The quantitative estimate of drug-likeness (QED) is 0.484. The number of benzene rings is 3. The summed E-state index contributed by atoms with van der Waals surface area (Å²) < 4.78 is 2.14. The lowest BCUT2D eigenvalue weighted by Crippen LogP contribution is -1.98. The van der Waals surface area contributed by atoms with Gasteiger partial charge in [0, 0.05) is 11.1 Å². The van der Waals surface area contributed by atoms with E-state index in [0.29, 0.717) is 6.54 Å². The molecule has 0 spiro atoms. The second-order valence-electron chi connectivity index (χ2n) is 5.79. The van der Waals surface area contributed by atoms with Crippen molar-refractivity contribution >= 4 is 11.0 Å². The third-order valence-electron chi connectivity index (χ3n) is 4.06. The van der Waals surface area contributed by atoms with E-state index in [1.54, 1.807) is 0 Å². The first-order chi connectivity index (χ1) is 12.9. The van der Waals surface area contributed by atoms with Crippen LogP contribution in [0.4, 0.5) is 0 Å². The molecule has 1 heterocycles. The highest BCUT2D eigenvalue weighted by Crippen LogP contribution is 2.24. The zero-order valence-corrected chi connectivity index (χ0v) is 14.2. The zero-order valence-electron chi connectivity index (χ0n) is 14.2. The number of nitrogens with zero attached hydrogens (tertiary/aromatic N) is 2. The van der Waals surface area contributed by atoms with Crippen LogP contribution in [0.1, 0.15) is 5.56 Å². The van der Waals surface area contributed by atoms with E-state index in [1.165, 1.54) is 0 Å².